The van der Waals surface area contributed by atoms with Crippen LogP contribution in [0, 0.1) is 12.3 Å². The fraction of sp³-hybridized carbons (Fsp3) is 0.643. The molecule has 0 radical (unpaired) electrons. The molecule has 0 aliphatic rings. The number of amides is 1. The largest absolute Gasteiger partial charge is 0.359 e. The third-order valence-electron chi connectivity index (χ3n) is 3.68. The lowest BCUT2D eigenvalue weighted by atomic mass is 9.92. The lowest BCUT2D eigenvalue weighted by Crippen LogP contribution is -2.38. The van der Waals surface area contributed by atoms with E-state index < -0.39 is 5.41 Å². The van der Waals surface area contributed by atoms with Crippen molar-refractivity contribution in [3.05, 3.63) is 11.5 Å². The van der Waals surface area contributed by atoms with Gasteiger partial charge in [-0.15, -0.1) is 11.6 Å². The molecule has 0 atom stereocenters. The standard InChI is InChI=1S/C14H22ClN5O/c1-9-11-12(19(5)18-9)20(10(17-11)6-7-15)8-14(2,3)13(21)16-4/h6-8H2,1-5H3,(H,16,21). The molecule has 2 rings (SSSR count). The number of alkyl halides is 1. The predicted octanol–water partition coefficient (Wildman–Crippen LogP) is 1.63. The number of fused-ring (bicyclic) bond motifs is 1. The third kappa shape index (κ3) is 2.77. The first-order valence-electron chi connectivity index (χ1n) is 6.98. The van der Waals surface area contributed by atoms with E-state index in [1.54, 1.807) is 7.05 Å². The van der Waals surface area contributed by atoms with Crippen LogP contribution in [0.15, 0.2) is 0 Å². The zero-order valence-electron chi connectivity index (χ0n) is 13.2. The number of imidazole rings is 1. The van der Waals surface area contributed by atoms with E-state index in [2.05, 4.69) is 20.0 Å². The number of aromatic nitrogens is 4. The van der Waals surface area contributed by atoms with Gasteiger partial charge in [0.15, 0.2) is 5.65 Å². The molecule has 1 amide bonds. The Labute approximate surface area is 129 Å². The molecule has 2 aromatic heterocycles. The quantitative estimate of drug-likeness (QED) is 0.854. The van der Waals surface area contributed by atoms with Crippen molar-refractivity contribution in [2.45, 2.75) is 33.7 Å². The van der Waals surface area contributed by atoms with E-state index in [0.29, 0.717) is 18.8 Å². The summed E-state index contributed by atoms with van der Waals surface area (Å²) >= 11 is 5.89. The molecule has 0 saturated heterocycles. The van der Waals surface area contributed by atoms with E-state index in [9.17, 15) is 4.79 Å². The Morgan fingerprint density at radius 1 is 1.43 bits per heavy atom. The second-order valence-corrected chi connectivity index (χ2v) is 6.28. The van der Waals surface area contributed by atoms with E-state index in [1.807, 2.05) is 32.5 Å². The third-order valence-corrected chi connectivity index (χ3v) is 3.87. The minimum absolute atomic E-state index is 0.0000591. The molecular formula is C14H22ClN5O. The summed E-state index contributed by atoms with van der Waals surface area (Å²) in [5.74, 6) is 1.39. The van der Waals surface area contributed by atoms with Crippen molar-refractivity contribution in [1.29, 1.82) is 0 Å². The molecule has 7 heteroatoms. The Morgan fingerprint density at radius 3 is 2.67 bits per heavy atom. The van der Waals surface area contributed by atoms with E-state index in [-0.39, 0.29) is 5.91 Å². The summed E-state index contributed by atoms with van der Waals surface area (Å²) in [5.41, 5.74) is 2.16. The van der Waals surface area contributed by atoms with E-state index in [1.165, 1.54) is 0 Å². The van der Waals surface area contributed by atoms with Crippen molar-refractivity contribution in [1.82, 2.24) is 24.6 Å². The number of carbonyl (C=O) groups is 1. The molecule has 0 saturated carbocycles. The molecule has 0 aliphatic carbocycles. The number of halogens is 1. The SMILES string of the molecule is CNC(=O)C(C)(C)Cn1c(CCCl)nc2c(C)nn(C)c21. The predicted molar refractivity (Wildman–Crippen MR) is 83.5 cm³/mol. The summed E-state index contributed by atoms with van der Waals surface area (Å²) < 4.78 is 3.88. The van der Waals surface area contributed by atoms with Crippen LogP contribution >= 0.6 is 11.6 Å². The molecule has 0 aliphatic heterocycles. The van der Waals surface area contributed by atoms with Crippen LogP contribution in [0.3, 0.4) is 0 Å². The first-order chi connectivity index (χ1) is 9.81. The number of aryl methyl sites for hydroxylation is 3. The first-order valence-corrected chi connectivity index (χ1v) is 7.52. The summed E-state index contributed by atoms with van der Waals surface area (Å²) in [5, 5.41) is 7.12. The average Bonchev–Trinajstić information content (AvgIpc) is 2.89. The van der Waals surface area contributed by atoms with Gasteiger partial charge in [-0.3, -0.25) is 9.48 Å². The second kappa shape index (κ2) is 5.67. The van der Waals surface area contributed by atoms with Gasteiger partial charge >= 0.3 is 0 Å². The van der Waals surface area contributed by atoms with Gasteiger partial charge in [0.2, 0.25) is 5.91 Å². The van der Waals surface area contributed by atoms with E-state index >= 15 is 0 Å². The van der Waals surface area contributed by atoms with Gasteiger partial charge in [-0.2, -0.15) is 5.10 Å². The number of rotatable bonds is 5. The maximum atomic E-state index is 12.1. The summed E-state index contributed by atoms with van der Waals surface area (Å²) in [7, 11) is 3.55. The van der Waals surface area contributed by atoms with Crippen LogP contribution in [0.1, 0.15) is 25.4 Å². The molecule has 116 valence electrons. The molecule has 6 nitrogen and oxygen atoms in total. The summed E-state index contributed by atoms with van der Waals surface area (Å²) in [6.07, 6.45) is 0.666. The van der Waals surface area contributed by atoms with Crippen LogP contribution in [0.2, 0.25) is 0 Å². The molecule has 2 heterocycles. The highest BCUT2D eigenvalue weighted by Gasteiger charge is 2.30. The minimum atomic E-state index is -0.540. The van der Waals surface area contributed by atoms with Crippen molar-refractivity contribution in [3.8, 4) is 0 Å². The van der Waals surface area contributed by atoms with Gasteiger partial charge in [0, 0.05) is 32.9 Å². The number of carbonyl (C=O) groups excluding carboxylic acids is 1. The zero-order chi connectivity index (χ0) is 15.8. The molecule has 1 N–H and O–H groups in total. The topological polar surface area (TPSA) is 64.7 Å². The first kappa shape index (κ1) is 15.8. The fourth-order valence-electron chi connectivity index (χ4n) is 2.63. The van der Waals surface area contributed by atoms with Gasteiger partial charge in [-0.1, -0.05) is 0 Å². The molecule has 2 aromatic rings. The monoisotopic (exact) mass is 311 g/mol. The Hall–Kier alpha value is -1.56. The van der Waals surface area contributed by atoms with Crippen LogP contribution in [0.4, 0.5) is 0 Å². The number of nitrogens with one attached hydrogen (secondary N) is 1. The zero-order valence-corrected chi connectivity index (χ0v) is 14.0. The molecule has 0 spiro atoms. The van der Waals surface area contributed by atoms with Gasteiger partial charge in [-0.05, 0) is 20.8 Å². The highest BCUT2D eigenvalue weighted by Crippen LogP contribution is 2.25. The highest BCUT2D eigenvalue weighted by atomic mass is 35.5. The molecule has 0 bridgehead atoms. The molecule has 21 heavy (non-hydrogen) atoms. The number of nitrogens with zero attached hydrogens (tertiary/aromatic N) is 4. The second-order valence-electron chi connectivity index (χ2n) is 5.90. The van der Waals surface area contributed by atoms with Crippen LogP contribution in [-0.4, -0.2) is 38.2 Å². The maximum absolute atomic E-state index is 12.1. The molecule has 0 unspecified atom stereocenters. The van der Waals surface area contributed by atoms with E-state index in [0.717, 1.165) is 22.7 Å². The van der Waals surface area contributed by atoms with E-state index in [4.69, 9.17) is 11.6 Å². The maximum Gasteiger partial charge on any atom is 0.227 e. The average molecular weight is 312 g/mol. The van der Waals surface area contributed by atoms with Crippen molar-refractivity contribution >= 4 is 28.7 Å². The van der Waals surface area contributed by atoms with Gasteiger partial charge in [0.05, 0.1) is 11.1 Å². The Morgan fingerprint density at radius 2 is 2.10 bits per heavy atom. The van der Waals surface area contributed by atoms with Crippen LogP contribution < -0.4 is 5.32 Å². The summed E-state index contributed by atoms with van der Waals surface area (Å²) in [4.78, 5) is 16.7. The van der Waals surface area contributed by atoms with Gasteiger partial charge < -0.3 is 9.88 Å². The van der Waals surface area contributed by atoms with Crippen LogP contribution in [0.5, 0.6) is 0 Å². The smallest absolute Gasteiger partial charge is 0.227 e. The molecule has 0 aromatic carbocycles. The fourth-order valence-corrected chi connectivity index (χ4v) is 2.80. The summed E-state index contributed by atoms with van der Waals surface area (Å²) in [6.45, 7) is 6.32. The Balaban J connectivity index is 2.55. The molecule has 0 fully saturated rings. The number of hydrogen-bond donors (Lipinski definition) is 1. The van der Waals surface area contributed by atoms with Crippen LogP contribution in [0.25, 0.3) is 11.2 Å². The van der Waals surface area contributed by atoms with Gasteiger partial charge in [-0.25, -0.2) is 4.98 Å². The minimum Gasteiger partial charge on any atom is -0.359 e. The highest BCUT2D eigenvalue weighted by molar-refractivity contribution is 6.17. The van der Waals surface area contributed by atoms with Crippen LogP contribution in [-0.2, 0) is 24.8 Å². The molecular weight excluding hydrogens is 290 g/mol. The lowest BCUT2D eigenvalue weighted by Gasteiger charge is -2.24. The lowest BCUT2D eigenvalue weighted by molar-refractivity contribution is -0.129. The Bertz CT molecular complexity index is 670. The normalized spacial score (nSPS) is 12.1. The van der Waals surface area contributed by atoms with Crippen molar-refractivity contribution in [2.24, 2.45) is 12.5 Å². The van der Waals surface area contributed by atoms with Crippen molar-refractivity contribution in [2.75, 3.05) is 12.9 Å². The van der Waals surface area contributed by atoms with Gasteiger partial charge in [0.25, 0.3) is 0 Å². The Kier molecular flexibility index (Phi) is 4.27. The number of hydrogen-bond acceptors (Lipinski definition) is 3. The van der Waals surface area contributed by atoms with Crippen molar-refractivity contribution in [3.63, 3.8) is 0 Å². The summed E-state index contributed by atoms with van der Waals surface area (Å²) in [6, 6.07) is 0. The van der Waals surface area contributed by atoms with Gasteiger partial charge in [0.1, 0.15) is 11.3 Å². The van der Waals surface area contributed by atoms with Crippen molar-refractivity contribution < 1.29 is 4.79 Å².